The van der Waals surface area contributed by atoms with E-state index >= 15 is 0 Å². The van der Waals surface area contributed by atoms with Crippen LogP contribution in [0.15, 0.2) is 18.2 Å². The van der Waals surface area contributed by atoms with Gasteiger partial charge in [-0.25, -0.2) is 4.98 Å². The molecule has 2 heterocycles. The van der Waals surface area contributed by atoms with Crippen LogP contribution in [0.2, 0.25) is 5.02 Å². The summed E-state index contributed by atoms with van der Waals surface area (Å²) in [5.74, 6) is 1.77. The normalized spacial score (nSPS) is 23.6. The van der Waals surface area contributed by atoms with Gasteiger partial charge in [-0.1, -0.05) is 11.6 Å². The van der Waals surface area contributed by atoms with Crippen molar-refractivity contribution in [1.29, 1.82) is 0 Å². The van der Waals surface area contributed by atoms with Gasteiger partial charge >= 0.3 is 0 Å². The minimum atomic E-state index is 0.418. The summed E-state index contributed by atoms with van der Waals surface area (Å²) in [6.45, 7) is 7.78. The highest BCUT2D eigenvalue weighted by Gasteiger charge is 2.26. The first-order valence-corrected chi connectivity index (χ1v) is 7.85. The summed E-state index contributed by atoms with van der Waals surface area (Å²) >= 11 is 6.11. The number of nitrogens with zero attached hydrogens (tertiary/aromatic N) is 2. The first-order valence-electron chi connectivity index (χ1n) is 7.47. The molecule has 1 aliphatic rings. The second-order valence-electron chi connectivity index (χ2n) is 6.14. The number of piperidine rings is 1. The molecule has 0 amide bonds. The van der Waals surface area contributed by atoms with Crippen molar-refractivity contribution in [2.75, 3.05) is 6.54 Å². The molecule has 20 heavy (non-hydrogen) atoms. The van der Waals surface area contributed by atoms with Gasteiger partial charge in [-0.05, 0) is 58.4 Å². The van der Waals surface area contributed by atoms with Gasteiger partial charge < -0.3 is 9.88 Å². The van der Waals surface area contributed by atoms with Gasteiger partial charge in [0.2, 0.25) is 0 Å². The smallest absolute Gasteiger partial charge is 0.113 e. The molecule has 0 saturated carbocycles. The van der Waals surface area contributed by atoms with Crippen LogP contribution in [-0.2, 0) is 0 Å². The van der Waals surface area contributed by atoms with Gasteiger partial charge in [-0.3, -0.25) is 0 Å². The Hall–Kier alpha value is -1.06. The Labute approximate surface area is 125 Å². The third-order valence-corrected chi connectivity index (χ3v) is 4.42. The van der Waals surface area contributed by atoms with Gasteiger partial charge in [0, 0.05) is 23.0 Å². The molecule has 0 radical (unpaired) electrons. The number of nitrogens with one attached hydrogen (secondary N) is 1. The second-order valence-corrected chi connectivity index (χ2v) is 6.58. The van der Waals surface area contributed by atoms with Crippen LogP contribution in [-0.4, -0.2) is 22.1 Å². The van der Waals surface area contributed by atoms with Gasteiger partial charge in [-0.2, -0.15) is 0 Å². The molecule has 108 valence electrons. The summed E-state index contributed by atoms with van der Waals surface area (Å²) in [6.07, 6.45) is 2.32. The standard InChI is InChI=1S/C16H22ClN3/c1-10(2)20-15-5-4-13(17)9-14(15)19-16(20)12-6-7-18-11(3)8-12/h4-5,9-12,18H,6-8H2,1-3H3. The number of hydrogen-bond donors (Lipinski definition) is 1. The largest absolute Gasteiger partial charge is 0.325 e. The lowest BCUT2D eigenvalue weighted by atomic mass is 9.92. The van der Waals surface area contributed by atoms with Crippen LogP contribution in [0.25, 0.3) is 11.0 Å². The lowest BCUT2D eigenvalue weighted by Gasteiger charge is -2.28. The zero-order valence-corrected chi connectivity index (χ0v) is 13.1. The Morgan fingerprint density at radius 1 is 1.40 bits per heavy atom. The van der Waals surface area contributed by atoms with Gasteiger partial charge in [0.05, 0.1) is 11.0 Å². The van der Waals surface area contributed by atoms with Gasteiger partial charge in [0.15, 0.2) is 0 Å². The molecule has 3 rings (SSSR count). The van der Waals surface area contributed by atoms with E-state index in [0.717, 1.165) is 29.9 Å². The molecule has 1 fully saturated rings. The Bertz CT molecular complexity index is 617. The molecule has 1 aromatic carbocycles. The molecule has 0 aliphatic carbocycles. The molecule has 1 aromatic heterocycles. The minimum Gasteiger partial charge on any atom is -0.325 e. The topological polar surface area (TPSA) is 29.9 Å². The van der Waals surface area contributed by atoms with E-state index in [-0.39, 0.29) is 0 Å². The van der Waals surface area contributed by atoms with Gasteiger partial charge in [0.25, 0.3) is 0 Å². The predicted molar refractivity (Wildman–Crippen MR) is 84.6 cm³/mol. The van der Waals surface area contributed by atoms with Crippen LogP contribution in [0.5, 0.6) is 0 Å². The Kier molecular flexibility index (Phi) is 3.74. The maximum absolute atomic E-state index is 6.11. The van der Waals surface area contributed by atoms with Crippen molar-refractivity contribution in [2.24, 2.45) is 0 Å². The van der Waals surface area contributed by atoms with Gasteiger partial charge in [-0.15, -0.1) is 0 Å². The van der Waals surface area contributed by atoms with Gasteiger partial charge in [0.1, 0.15) is 5.82 Å². The fourth-order valence-corrected chi connectivity index (χ4v) is 3.45. The maximum Gasteiger partial charge on any atom is 0.113 e. The summed E-state index contributed by atoms with van der Waals surface area (Å²) in [5.41, 5.74) is 2.22. The van der Waals surface area contributed by atoms with Crippen molar-refractivity contribution in [1.82, 2.24) is 14.9 Å². The monoisotopic (exact) mass is 291 g/mol. The van der Waals surface area contributed by atoms with Crippen LogP contribution >= 0.6 is 11.6 Å². The number of rotatable bonds is 2. The number of hydrogen-bond acceptors (Lipinski definition) is 2. The van der Waals surface area contributed by atoms with E-state index in [2.05, 4.69) is 36.7 Å². The highest BCUT2D eigenvalue weighted by atomic mass is 35.5. The molecular weight excluding hydrogens is 270 g/mol. The first-order chi connectivity index (χ1) is 9.56. The average molecular weight is 292 g/mol. The lowest BCUT2D eigenvalue weighted by Crippen LogP contribution is -2.35. The van der Waals surface area contributed by atoms with Crippen molar-refractivity contribution in [3.8, 4) is 0 Å². The number of imidazole rings is 1. The summed E-state index contributed by atoms with van der Waals surface area (Å²) in [7, 11) is 0. The summed E-state index contributed by atoms with van der Waals surface area (Å²) in [6, 6.07) is 7.01. The van der Waals surface area contributed by atoms with E-state index in [1.165, 1.54) is 11.3 Å². The van der Waals surface area contributed by atoms with Crippen LogP contribution in [0.1, 0.15) is 51.4 Å². The van der Waals surface area contributed by atoms with Crippen LogP contribution in [0.4, 0.5) is 0 Å². The second kappa shape index (κ2) is 5.38. The van der Waals surface area contributed by atoms with Crippen molar-refractivity contribution >= 4 is 22.6 Å². The number of fused-ring (bicyclic) bond motifs is 1. The molecule has 0 bridgehead atoms. The van der Waals surface area contributed by atoms with E-state index in [0.29, 0.717) is 18.0 Å². The molecule has 1 N–H and O–H groups in total. The Morgan fingerprint density at radius 2 is 2.20 bits per heavy atom. The lowest BCUT2D eigenvalue weighted by molar-refractivity contribution is 0.360. The molecule has 2 aromatic rings. The van der Waals surface area contributed by atoms with E-state index in [1.807, 2.05) is 12.1 Å². The Balaban J connectivity index is 2.11. The molecular formula is C16H22ClN3. The van der Waals surface area contributed by atoms with E-state index in [4.69, 9.17) is 16.6 Å². The van der Waals surface area contributed by atoms with Crippen LogP contribution in [0, 0.1) is 0 Å². The molecule has 4 heteroatoms. The SMILES string of the molecule is CC1CC(c2nc3cc(Cl)ccc3n2C(C)C)CCN1. The van der Waals surface area contributed by atoms with E-state index < -0.39 is 0 Å². The molecule has 2 atom stereocenters. The molecule has 3 nitrogen and oxygen atoms in total. The van der Waals surface area contributed by atoms with Crippen LogP contribution < -0.4 is 5.32 Å². The third-order valence-electron chi connectivity index (χ3n) is 4.18. The zero-order valence-electron chi connectivity index (χ0n) is 12.4. The highest BCUT2D eigenvalue weighted by molar-refractivity contribution is 6.31. The van der Waals surface area contributed by atoms with Crippen LogP contribution in [0.3, 0.4) is 0 Å². The number of aromatic nitrogens is 2. The summed E-state index contributed by atoms with van der Waals surface area (Å²) in [5, 5.41) is 4.28. The fraction of sp³-hybridized carbons (Fsp3) is 0.562. The van der Waals surface area contributed by atoms with Crippen molar-refractivity contribution in [2.45, 2.75) is 51.6 Å². The van der Waals surface area contributed by atoms with Crippen molar-refractivity contribution in [3.63, 3.8) is 0 Å². The number of benzene rings is 1. The molecule has 0 spiro atoms. The molecule has 1 saturated heterocycles. The Morgan fingerprint density at radius 3 is 2.90 bits per heavy atom. The van der Waals surface area contributed by atoms with Crippen molar-refractivity contribution < 1.29 is 0 Å². The van der Waals surface area contributed by atoms with E-state index in [1.54, 1.807) is 0 Å². The maximum atomic E-state index is 6.11. The molecule has 2 unspecified atom stereocenters. The molecule has 1 aliphatic heterocycles. The van der Waals surface area contributed by atoms with Crippen molar-refractivity contribution in [3.05, 3.63) is 29.0 Å². The highest BCUT2D eigenvalue weighted by Crippen LogP contribution is 2.32. The first kappa shape index (κ1) is 13.9. The predicted octanol–water partition coefficient (Wildman–Crippen LogP) is 4.13. The minimum absolute atomic E-state index is 0.418. The van der Waals surface area contributed by atoms with E-state index in [9.17, 15) is 0 Å². The average Bonchev–Trinajstić information content (AvgIpc) is 2.77. The summed E-state index contributed by atoms with van der Waals surface area (Å²) < 4.78 is 2.38. The number of halogens is 1. The fourth-order valence-electron chi connectivity index (χ4n) is 3.29. The third kappa shape index (κ3) is 2.45. The summed E-state index contributed by atoms with van der Waals surface area (Å²) in [4.78, 5) is 4.90. The quantitative estimate of drug-likeness (QED) is 0.902. The zero-order chi connectivity index (χ0) is 14.3.